The van der Waals surface area contributed by atoms with E-state index in [0.717, 1.165) is 50.8 Å². The Kier molecular flexibility index (Phi) is 8.86. The molecule has 1 aromatic heterocycles. The van der Waals surface area contributed by atoms with Gasteiger partial charge in [-0.05, 0) is 113 Å². The summed E-state index contributed by atoms with van der Waals surface area (Å²) in [6, 6.07) is 84.6. The number of para-hydroxylation sites is 3. The molecule has 0 N–H and O–H groups in total. The maximum Gasteiger partial charge on any atom is 0.0562 e. The molecule has 0 amide bonds. The van der Waals surface area contributed by atoms with Crippen molar-refractivity contribution in [1.29, 1.82) is 0 Å². The number of anilines is 6. The fourth-order valence-corrected chi connectivity index (χ4v) is 8.11. The second-order valence-corrected chi connectivity index (χ2v) is 14.2. The molecule has 0 aliphatic carbocycles. The molecule has 0 aliphatic rings. The van der Waals surface area contributed by atoms with Gasteiger partial charge in [0.15, 0.2) is 0 Å². The van der Waals surface area contributed by atoms with Gasteiger partial charge in [0.2, 0.25) is 0 Å². The highest BCUT2D eigenvalue weighted by Crippen LogP contribution is 2.44. The third-order valence-electron chi connectivity index (χ3n) is 10.8. The first-order chi connectivity index (χ1) is 28.3. The van der Waals surface area contributed by atoms with E-state index in [1.807, 2.05) is 0 Å². The summed E-state index contributed by atoms with van der Waals surface area (Å²) in [6.07, 6.45) is 0. The molecule has 0 unspecified atom stereocenters. The first-order valence-corrected chi connectivity index (χ1v) is 19.4. The van der Waals surface area contributed by atoms with E-state index in [-0.39, 0.29) is 0 Å². The van der Waals surface area contributed by atoms with E-state index < -0.39 is 0 Å². The van der Waals surface area contributed by atoms with Crippen molar-refractivity contribution in [3.8, 4) is 27.9 Å². The molecule has 0 fully saturated rings. The van der Waals surface area contributed by atoms with Gasteiger partial charge in [0.1, 0.15) is 0 Å². The van der Waals surface area contributed by atoms with Crippen LogP contribution in [0.25, 0.3) is 49.7 Å². The molecule has 0 bridgehead atoms. The van der Waals surface area contributed by atoms with E-state index in [0.29, 0.717) is 0 Å². The molecule has 0 saturated carbocycles. The van der Waals surface area contributed by atoms with Gasteiger partial charge >= 0.3 is 0 Å². The molecule has 1 heterocycles. The van der Waals surface area contributed by atoms with Crippen molar-refractivity contribution in [3.63, 3.8) is 0 Å². The standard InChI is InChI=1S/C54H39N3/c1-5-16-40(17-6-1)42-28-32-46(33-29-42)55(44-20-9-3-10-21-44)47-36-38-49(39-37-47)57-51-25-14-13-24-50(51)54-52(26-15-27-53(54)57)56(45-22-11-4-12-23-45)48-34-30-43(31-35-48)41-18-7-2-8-19-41/h1-39H. The number of fused-ring (bicyclic) bond motifs is 3. The van der Waals surface area contributed by atoms with Crippen LogP contribution in [0.1, 0.15) is 0 Å². The predicted molar refractivity (Wildman–Crippen MR) is 241 cm³/mol. The van der Waals surface area contributed by atoms with Gasteiger partial charge in [-0.3, -0.25) is 0 Å². The van der Waals surface area contributed by atoms with Crippen molar-refractivity contribution < 1.29 is 0 Å². The van der Waals surface area contributed by atoms with E-state index in [2.05, 4.69) is 251 Å². The molecule has 270 valence electrons. The predicted octanol–water partition coefficient (Wildman–Crippen LogP) is 15.1. The molecular formula is C54H39N3. The number of rotatable bonds is 9. The van der Waals surface area contributed by atoms with Gasteiger partial charge in [0.05, 0.1) is 16.7 Å². The highest BCUT2D eigenvalue weighted by Gasteiger charge is 2.21. The minimum atomic E-state index is 1.09. The van der Waals surface area contributed by atoms with Crippen LogP contribution in [0.2, 0.25) is 0 Å². The normalized spacial score (nSPS) is 11.2. The zero-order valence-corrected chi connectivity index (χ0v) is 31.4. The molecule has 0 aliphatic heterocycles. The van der Waals surface area contributed by atoms with Crippen LogP contribution in [-0.2, 0) is 0 Å². The van der Waals surface area contributed by atoms with Crippen molar-refractivity contribution in [2.75, 3.05) is 9.80 Å². The average molecular weight is 730 g/mol. The Morgan fingerprint density at radius 2 is 0.649 bits per heavy atom. The van der Waals surface area contributed by atoms with Crippen LogP contribution in [-0.4, -0.2) is 4.57 Å². The number of hydrogen-bond donors (Lipinski definition) is 0. The Hall–Kier alpha value is -7.62. The van der Waals surface area contributed by atoms with Crippen molar-refractivity contribution in [3.05, 3.63) is 237 Å². The number of hydrogen-bond acceptors (Lipinski definition) is 2. The Morgan fingerprint density at radius 3 is 1.19 bits per heavy atom. The molecular weight excluding hydrogens is 691 g/mol. The summed E-state index contributed by atoms with van der Waals surface area (Å²) in [4.78, 5) is 4.71. The van der Waals surface area contributed by atoms with E-state index in [1.165, 1.54) is 33.0 Å². The van der Waals surface area contributed by atoms with Gasteiger partial charge in [0.25, 0.3) is 0 Å². The van der Waals surface area contributed by atoms with Gasteiger partial charge < -0.3 is 14.4 Å². The fraction of sp³-hybridized carbons (Fsp3) is 0. The third-order valence-corrected chi connectivity index (χ3v) is 10.8. The molecule has 3 heteroatoms. The first-order valence-electron chi connectivity index (χ1n) is 19.4. The summed E-state index contributed by atoms with van der Waals surface area (Å²) in [5.41, 5.74) is 14.9. The molecule has 9 aromatic carbocycles. The maximum absolute atomic E-state index is 2.40. The number of nitrogens with zero attached hydrogens (tertiary/aromatic N) is 3. The summed E-state index contributed by atoms with van der Waals surface area (Å²) in [7, 11) is 0. The van der Waals surface area contributed by atoms with Crippen LogP contribution in [0.3, 0.4) is 0 Å². The minimum absolute atomic E-state index is 1.09. The molecule has 10 aromatic rings. The zero-order valence-electron chi connectivity index (χ0n) is 31.4. The van der Waals surface area contributed by atoms with Crippen molar-refractivity contribution in [2.45, 2.75) is 0 Å². The fourth-order valence-electron chi connectivity index (χ4n) is 8.11. The van der Waals surface area contributed by atoms with Crippen LogP contribution in [0.5, 0.6) is 0 Å². The Labute approximate surface area is 333 Å². The lowest BCUT2D eigenvalue weighted by molar-refractivity contribution is 1.17. The lowest BCUT2D eigenvalue weighted by atomic mass is 10.0. The van der Waals surface area contributed by atoms with Gasteiger partial charge in [-0.25, -0.2) is 0 Å². The van der Waals surface area contributed by atoms with Gasteiger partial charge in [0, 0.05) is 44.9 Å². The topological polar surface area (TPSA) is 11.4 Å². The quantitative estimate of drug-likeness (QED) is 0.147. The van der Waals surface area contributed by atoms with Gasteiger partial charge in [-0.1, -0.05) is 146 Å². The van der Waals surface area contributed by atoms with Crippen molar-refractivity contribution in [1.82, 2.24) is 4.57 Å². The monoisotopic (exact) mass is 729 g/mol. The molecule has 0 saturated heterocycles. The van der Waals surface area contributed by atoms with Crippen LogP contribution in [0.4, 0.5) is 34.1 Å². The first kappa shape index (κ1) is 33.9. The Morgan fingerprint density at radius 1 is 0.263 bits per heavy atom. The van der Waals surface area contributed by atoms with Gasteiger partial charge in [-0.2, -0.15) is 0 Å². The lowest BCUT2D eigenvalue weighted by Crippen LogP contribution is -2.10. The van der Waals surface area contributed by atoms with Crippen molar-refractivity contribution >= 4 is 55.9 Å². The van der Waals surface area contributed by atoms with E-state index in [9.17, 15) is 0 Å². The van der Waals surface area contributed by atoms with E-state index in [4.69, 9.17) is 0 Å². The lowest BCUT2D eigenvalue weighted by Gasteiger charge is -2.27. The third kappa shape index (κ3) is 6.41. The van der Waals surface area contributed by atoms with Crippen molar-refractivity contribution in [2.24, 2.45) is 0 Å². The number of aromatic nitrogens is 1. The molecule has 3 nitrogen and oxygen atoms in total. The number of benzene rings is 9. The second-order valence-electron chi connectivity index (χ2n) is 14.2. The molecule has 10 rings (SSSR count). The van der Waals surface area contributed by atoms with Crippen LogP contribution >= 0.6 is 0 Å². The van der Waals surface area contributed by atoms with E-state index >= 15 is 0 Å². The molecule has 57 heavy (non-hydrogen) atoms. The zero-order chi connectivity index (χ0) is 38.0. The second kappa shape index (κ2) is 14.9. The highest BCUT2D eigenvalue weighted by molar-refractivity contribution is 6.16. The minimum Gasteiger partial charge on any atom is -0.311 e. The average Bonchev–Trinajstić information content (AvgIpc) is 3.64. The molecule has 0 spiro atoms. The van der Waals surface area contributed by atoms with Crippen LogP contribution < -0.4 is 9.80 Å². The summed E-state index contributed by atoms with van der Waals surface area (Å²) in [5, 5.41) is 2.41. The van der Waals surface area contributed by atoms with Crippen LogP contribution in [0.15, 0.2) is 237 Å². The van der Waals surface area contributed by atoms with E-state index in [1.54, 1.807) is 0 Å². The maximum atomic E-state index is 2.40. The SMILES string of the molecule is c1ccc(-c2ccc(N(c3ccccc3)c3ccc(-n4c5ccccc5c5c(N(c6ccccc6)c6ccc(-c7ccccc7)cc6)cccc54)cc3)cc2)cc1. The largest absolute Gasteiger partial charge is 0.311 e. The summed E-state index contributed by atoms with van der Waals surface area (Å²) < 4.78 is 2.40. The molecule has 0 atom stereocenters. The smallest absolute Gasteiger partial charge is 0.0562 e. The Balaban J connectivity index is 1.08. The van der Waals surface area contributed by atoms with Gasteiger partial charge in [-0.15, -0.1) is 0 Å². The Bertz CT molecular complexity index is 2900. The molecule has 0 radical (unpaired) electrons. The summed E-state index contributed by atoms with van der Waals surface area (Å²) >= 11 is 0. The van der Waals surface area contributed by atoms with Crippen LogP contribution in [0, 0.1) is 0 Å². The highest BCUT2D eigenvalue weighted by atomic mass is 15.2. The summed E-state index contributed by atoms with van der Waals surface area (Å²) in [5.74, 6) is 0. The summed E-state index contributed by atoms with van der Waals surface area (Å²) in [6.45, 7) is 0.